The molecule has 0 bridgehead atoms. The summed E-state index contributed by atoms with van der Waals surface area (Å²) in [4.78, 5) is 24.5. The lowest BCUT2D eigenvalue weighted by Gasteiger charge is -2.21. The van der Waals surface area contributed by atoms with Gasteiger partial charge in [0.25, 0.3) is 11.8 Å². The minimum absolute atomic E-state index is 0.133. The van der Waals surface area contributed by atoms with Crippen molar-refractivity contribution in [1.29, 1.82) is 0 Å². The average molecular weight is 539 g/mol. The minimum Gasteiger partial charge on any atom is -0.497 e. The van der Waals surface area contributed by atoms with Gasteiger partial charge in [0.1, 0.15) is 18.0 Å². The molecule has 0 heterocycles. The Labute approximate surface area is 222 Å². The second-order valence-electron chi connectivity index (χ2n) is 8.32. The van der Waals surface area contributed by atoms with E-state index in [0.717, 1.165) is 16.1 Å². The van der Waals surface area contributed by atoms with Crippen molar-refractivity contribution in [2.24, 2.45) is 5.10 Å². The highest BCUT2D eigenvalue weighted by molar-refractivity contribution is 7.92. The van der Waals surface area contributed by atoms with Gasteiger partial charge in [-0.2, -0.15) is 5.10 Å². The van der Waals surface area contributed by atoms with Gasteiger partial charge in [-0.25, -0.2) is 13.8 Å². The number of ether oxygens (including phenoxy) is 2. The van der Waals surface area contributed by atoms with E-state index < -0.39 is 22.5 Å². The molecular weight excluding hydrogens is 508 g/mol. The number of methoxy groups -OCH3 is 1. The molecule has 38 heavy (non-hydrogen) atoms. The number of hydrazone groups is 1. The second kappa shape index (κ2) is 13.2. The van der Waals surface area contributed by atoms with E-state index in [9.17, 15) is 18.0 Å². The van der Waals surface area contributed by atoms with Crippen LogP contribution in [-0.4, -0.2) is 53.0 Å². The molecule has 0 saturated heterocycles. The van der Waals surface area contributed by atoms with Crippen molar-refractivity contribution >= 4 is 33.7 Å². The molecule has 0 aliphatic carbocycles. The molecule has 3 rings (SSSR count). The Morgan fingerprint density at radius 2 is 1.58 bits per heavy atom. The van der Waals surface area contributed by atoms with Gasteiger partial charge in [0.15, 0.2) is 6.61 Å². The molecule has 0 saturated carbocycles. The number of carbonyl (C=O) groups is 2. The van der Waals surface area contributed by atoms with E-state index in [-0.39, 0.29) is 18.6 Å². The van der Waals surface area contributed by atoms with Gasteiger partial charge < -0.3 is 14.8 Å². The Kier molecular flexibility index (Phi) is 9.83. The van der Waals surface area contributed by atoms with Crippen LogP contribution < -0.4 is 24.5 Å². The van der Waals surface area contributed by atoms with E-state index in [1.807, 2.05) is 37.3 Å². The van der Waals surface area contributed by atoms with Gasteiger partial charge in [-0.3, -0.25) is 13.9 Å². The zero-order valence-electron chi connectivity index (χ0n) is 21.3. The molecule has 0 spiro atoms. The van der Waals surface area contributed by atoms with Gasteiger partial charge >= 0.3 is 0 Å². The topological polar surface area (TPSA) is 126 Å². The molecule has 10 nitrogen and oxygen atoms in total. The molecule has 3 aromatic carbocycles. The Morgan fingerprint density at radius 3 is 2.18 bits per heavy atom. The molecule has 0 fully saturated rings. The third-order valence-corrected chi connectivity index (χ3v) is 6.52. The summed E-state index contributed by atoms with van der Waals surface area (Å²) >= 11 is 0. The summed E-state index contributed by atoms with van der Waals surface area (Å²) in [5.41, 5.74) is 4.32. The summed E-state index contributed by atoms with van der Waals surface area (Å²) in [6.07, 6.45) is 2.43. The highest BCUT2D eigenvalue weighted by Crippen LogP contribution is 2.21. The number of sulfonamides is 1. The molecule has 11 heteroatoms. The van der Waals surface area contributed by atoms with Crippen LogP contribution in [0.25, 0.3) is 0 Å². The van der Waals surface area contributed by atoms with Crippen LogP contribution in [-0.2, 0) is 19.6 Å². The van der Waals surface area contributed by atoms with Gasteiger partial charge in [-0.1, -0.05) is 30.3 Å². The lowest BCUT2D eigenvalue weighted by Crippen LogP contribution is -2.39. The van der Waals surface area contributed by atoms with Crippen LogP contribution in [0.3, 0.4) is 0 Å². The van der Waals surface area contributed by atoms with Crippen LogP contribution in [0.4, 0.5) is 5.69 Å². The van der Waals surface area contributed by atoms with Gasteiger partial charge in [0.05, 0.1) is 31.3 Å². The summed E-state index contributed by atoms with van der Waals surface area (Å²) in [7, 11) is -2.21. The summed E-state index contributed by atoms with van der Waals surface area (Å²) in [5.74, 6) is 0.205. The molecule has 3 aromatic rings. The molecule has 0 radical (unpaired) electrons. The molecule has 2 amide bonds. The maximum atomic E-state index is 12.3. The summed E-state index contributed by atoms with van der Waals surface area (Å²) in [6, 6.07) is 22.6. The molecule has 0 aliphatic heterocycles. The van der Waals surface area contributed by atoms with Crippen molar-refractivity contribution in [1.82, 2.24) is 10.7 Å². The number of amides is 2. The van der Waals surface area contributed by atoms with E-state index in [1.54, 1.807) is 48.5 Å². The molecule has 1 atom stereocenters. The van der Waals surface area contributed by atoms with Crippen molar-refractivity contribution in [3.63, 3.8) is 0 Å². The zero-order valence-corrected chi connectivity index (χ0v) is 22.1. The van der Waals surface area contributed by atoms with Crippen LogP contribution in [0.15, 0.2) is 84.0 Å². The number of anilines is 1. The largest absolute Gasteiger partial charge is 0.497 e. The van der Waals surface area contributed by atoms with E-state index in [2.05, 4.69) is 15.8 Å². The fourth-order valence-corrected chi connectivity index (χ4v) is 4.26. The molecule has 0 aliphatic rings. The van der Waals surface area contributed by atoms with Crippen LogP contribution >= 0.6 is 0 Å². The number of nitrogens with zero attached hydrogens (tertiary/aromatic N) is 2. The van der Waals surface area contributed by atoms with E-state index in [0.29, 0.717) is 22.7 Å². The molecule has 0 aromatic heterocycles. The number of hydrogen-bond donors (Lipinski definition) is 2. The van der Waals surface area contributed by atoms with Crippen molar-refractivity contribution in [3.8, 4) is 11.5 Å². The number of carbonyl (C=O) groups excluding carboxylic acids is 2. The Morgan fingerprint density at radius 1 is 0.947 bits per heavy atom. The van der Waals surface area contributed by atoms with Gasteiger partial charge in [0.2, 0.25) is 10.0 Å². The molecular formula is C27H30N4O6S. The SMILES string of the molecule is COc1ccc(N(CC(=O)N/N=C\c2ccc(OCC(=O)N[C@H](C)c3ccccc3)cc2)S(C)(=O)=O)cc1. The first-order chi connectivity index (χ1) is 18.2. The van der Waals surface area contributed by atoms with Crippen molar-refractivity contribution in [2.75, 3.05) is 30.8 Å². The van der Waals surface area contributed by atoms with Crippen molar-refractivity contribution < 1.29 is 27.5 Å². The quantitative estimate of drug-likeness (QED) is 0.270. The van der Waals surface area contributed by atoms with Gasteiger partial charge in [0, 0.05) is 0 Å². The monoisotopic (exact) mass is 538 g/mol. The van der Waals surface area contributed by atoms with Crippen LogP contribution in [0.2, 0.25) is 0 Å². The lowest BCUT2D eigenvalue weighted by molar-refractivity contribution is -0.123. The molecule has 200 valence electrons. The van der Waals surface area contributed by atoms with E-state index in [4.69, 9.17) is 9.47 Å². The summed E-state index contributed by atoms with van der Waals surface area (Å²) in [5, 5.41) is 6.77. The first-order valence-corrected chi connectivity index (χ1v) is 13.5. The Hall–Kier alpha value is -4.38. The molecule has 0 unspecified atom stereocenters. The summed E-state index contributed by atoms with van der Waals surface area (Å²) in [6.45, 7) is 1.32. The van der Waals surface area contributed by atoms with Gasteiger partial charge in [-0.05, 0) is 66.6 Å². The summed E-state index contributed by atoms with van der Waals surface area (Å²) < 4.78 is 36.0. The van der Waals surface area contributed by atoms with E-state index in [1.165, 1.54) is 13.3 Å². The first-order valence-electron chi connectivity index (χ1n) is 11.7. The Balaban J connectivity index is 1.48. The van der Waals surface area contributed by atoms with E-state index >= 15 is 0 Å². The third-order valence-electron chi connectivity index (χ3n) is 5.38. The predicted octanol–water partition coefficient (Wildman–Crippen LogP) is 2.87. The van der Waals surface area contributed by atoms with Crippen LogP contribution in [0.1, 0.15) is 24.1 Å². The fraction of sp³-hybridized carbons (Fsp3) is 0.222. The normalized spacial score (nSPS) is 12.0. The first kappa shape index (κ1) is 28.2. The van der Waals surface area contributed by atoms with Crippen molar-refractivity contribution in [2.45, 2.75) is 13.0 Å². The number of nitrogens with one attached hydrogen (secondary N) is 2. The van der Waals surface area contributed by atoms with Crippen molar-refractivity contribution in [3.05, 3.63) is 90.0 Å². The third kappa shape index (κ3) is 8.63. The Bertz CT molecular complexity index is 1340. The van der Waals surface area contributed by atoms with Gasteiger partial charge in [-0.15, -0.1) is 0 Å². The number of benzene rings is 3. The highest BCUT2D eigenvalue weighted by Gasteiger charge is 2.20. The zero-order chi connectivity index (χ0) is 27.5. The second-order valence-corrected chi connectivity index (χ2v) is 10.2. The fourth-order valence-electron chi connectivity index (χ4n) is 3.40. The maximum Gasteiger partial charge on any atom is 0.260 e. The number of hydrogen-bond acceptors (Lipinski definition) is 7. The standard InChI is InChI=1S/C27H30N4O6S/c1-20(22-7-5-4-6-8-22)29-27(33)19-37-25-13-9-21(10-14-25)17-28-30-26(32)18-31(38(3,34)35)23-11-15-24(36-2)16-12-23/h4-17,20H,18-19H2,1-3H3,(H,29,33)(H,30,32)/b28-17-/t20-/m1/s1. The smallest absolute Gasteiger partial charge is 0.260 e. The highest BCUT2D eigenvalue weighted by atomic mass is 32.2. The lowest BCUT2D eigenvalue weighted by atomic mass is 10.1. The number of rotatable bonds is 12. The van der Waals surface area contributed by atoms with Crippen LogP contribution in [0, 0.1) is 0 Å². The predicted molar refractivity (Wildman–Crippen MR) is 146 cm³/mol. The minimum atomic E-state index is -3.71. The molecule has 2 N–H and O–H groups in total. The van der Waals surface area contributed by atoms with Crippen LogP contribution in [0.5, 0.6) is 11.5 Å². The average Bonchev–Trinajstić information content (AvgIpc) is 2.91. The maximum absolute atomic E-state index is 12.3.